The van der Waals surface area contributed by atoms with E-state index < -0.39 is 10.0 Å². The first-order valence-corrected chi connectivity index (χ1v) is 9.49. The van der Waals surface area contributed by atoms with Crippen LogP contribution in [0.3, 0.4) is 0 Å². The van der Waals surface area contributed by atoms with Crippen LogP contribution < -0.4 is 4.72 Å². The number of hydrogen-bond donors (Lipinski definition) is 1. The van der Waals surface area contributed by atoms with E-state index in [1.165, 1.54) is 0 Å². The number of aryl methyl sites for hydroxylation is 2. The van der Waals surface area contributed by atoms with Crippen molar-refractivity contribution in [3.05, 3.63) is 29.3 Å². The van der Waals surface area contributed by atoms with E-state index in [9.17, 15) is 8.42 Å². The fraction of sp³-hybridized carbons (Fsp3) is 0.600. The summed E-state index contributed by atoms with van der Waals surface area (Å²) in [5, 5.41) is 0. The highest BCUT2D eigenvalue weighted by molar-refractivity contribution is 9.09. The molecule has 0 spiro atoms. The molecule has 2 rings (SSSR count). The number of hydrogen-bond acceptors (Lipinski definition) is 2. The number of benzene rings is 1. The quantitative estimate of drug-likeness (QED) is 0.835. The van der Waals surface area contributed by atoms with Gasteiger partial charge in [-0.05, 0) is 62.6 Å². The van der Waals surface area contributed by atoms with Crippen molar-refractivity contribution in [2.45, 2.75) is 49.3 Å². The second kappa shape index (κ2) is 6.58. The highest BCUT2D eigenvalue weighted by Crippen LogP contribution is 2.28. The van der Waals surface area contributed by atoms with E-state index in [1.807, 2.05) is 26.0 Å². The molecule has 0 aromatic heterocycles. The van der Waals surface area contributed by atoms with Gasteiger partial charge in [-0.3, -0.25) is 0 Å². The third-order valence-corrected chi connectivity index (χ3v) is 6.45. The summed E-state index contributed by atoms with van der Waals surface area (Å²) in [6.45, 7) is 4.30. The highest BCUT2D eigenvalue weighted by atomic mass is 79.9. The van der Waals surface area contributed by atoms with E-state index in [-0.39, 0.29) is 0 Å². The molecule has 3 nitrogen and oxygen atoms in total. The molecule has 5 heteroatoms. The lowest BCUT2D eigenvalue weighted by Gasteiger charge is -2.25. The molecule has 1 N–H and O–H groups in total. The van der Waals surface area contributed by atoms with Gasteiger partial charge in [-0.15, -0.1) is 0 Å². The Morgan fingerprint density at radius 1 is 1.20 bits per heavy atom. The Bertz CT molecular complexity index is 563. The minimum atomic E-state index is -3.39. The van der Waals surface area contributed by atoms with Crippen LogP contribution in [0.25, 0.3) is 0 Å². The standard InChI is InChI=1S/C15H22BrNO2S/c1-11-3-4-12(2)15(9-11)20(18,19)17-10-13-5-7-14(16)8-6-13/h3-4,9,13-14,17H,5-8,10H2,1-2H3. The van der Waals surface area contributed by atoms with E-state index in [0.717, 1.165) is 36.8 Å². The van der Waals surface area contributed by atoms with Gasteiger partial charge in [0.25, 0.3) is 0 Å². The van der Waals surface area contributed by atoms with Gasteiger partial charge >= 0.3 is 0 Å². The molecule has 0 unspecified atom stereocenters. The fourth-order valence-electron chi connectivity index (χ4n) is 2.63. The molecule has 1 fully saturated rings. The van der Waals surface area contributed by atoms with E-state index >= 15 is 0 Å². The average Bonchev–Trinajstić information content (AvgIpc) is 2.41. The van der Waals surface area contributed by atoms with Crippen molar-refractivity contribution in [2.75, 3.05) is 6.54 Å². The van der Waals surface area contributed by atoms with Crippen LogP contribution in [0.5, 0.6) is 0 Å². The fourth-order valence-corrected chi connectivity index (χ4v) is 4.60. The summed E-state index contributed by atoms with van der Waals surface area (Å²) in [5.74, 6) is 0.462. The minimum absolute atomic E-state index is 0.409. The molecule has 0 radical (unpaired) electrons. The van der Waals surface area contributed by atoms with Crippen molar-refractivity contribution in [3.63, 3.8) is 0 Å². The van der Waals surface area contributed by atoms with Crippen molar-refractivity contribution >= 4 is 26.0 Å². The molecule has 0 heterocycles. The molecule has 1 aromatic rings. The average molecular weight is 360 g/mol. The van der Waals surface area contributed by atoms with Crippen molar-refractivity contribution in [1.82, 2.24) is 4.72 Å². The maximum Gasteiger partial charge on any atom is 0.240 e. The zero-order valence-electron chi connectivity index (χ0n) is 12.0. The number of alkyl halides is 1. The molecule has 0 amide bonds. The maximum atomic E-state index is 12.4. The van der Waals surface area contributed by atoms with E-state index in [0.29, 0.717) is 22.2 Å². The predicted octanol–water partition coefficient (Wildman–Crippen LogP) is 3.54. The Labute approximate surface area is 130 Å². The van der Waals surface area contributed by atoms with Crippen molar-refractivity contribution in [2.24, 2.45) is 5.92 Å². The smallest absolute Gasteiger partial charge is 0.211 e. The van der Waals surface area contributed by atoms with Crippen LogP contribution in [-0.4, -0.2) is 19.8 Å². The molecule has 1 aliphatic carbocycles. The maximum absolute atomic E-state index is 12.4. The molecule has 1 aliphatic rings. The monoisotopic (exact) mass is 359 g/mol. The van der Waals surface area contributed by atoms with Crippen LogP contribution in [0.4, 0.5) is 0 Å². The van der Waals surface area contributed by atoms with Gasteiger partial charge in [-0.25, -0.2) is 13.1 Å². The Balaban J connectivity index is 2.02. The molecule has 0 saturated heterocycles. The van der Waals surface area contributed by atoms with Crippen LogP contribution in [-0.2, 0) is 10.0 Å². The molecule has 0 atom stereocenters. The summed E-state index contributed by atoms with van der Waals surface area (Å²) in [4.78, 5) is 1.01. The number of nitrogens with one attached hydrogen (secondary N) is 1. The Morgan fingerprint density at radius 2 is 1.85 bits per heavy atom. The van der Waals surface area contributed by atoms with Gasteiger partial charge in [0.2, 0.25) is 10.0 Å². The zero-order chi connectivity index (χ0) is 14.8. The molecule has 0 bridgehead atoms. The second-order valence-electron chi connectivity index (χ2n) is 5.74. The summed E-state index contributed by atoms with van der Waals surface area (Å²) in [5.41, 5.74) is 1.77. The van der Waals surface area contributed by atoms with Crippen LogP contribution >= 0.6 is 15.9 Å². The largest absolute Gasteiger partial charge is 0.240 e. The lowest BCUT2D eigenvalue weighted by Crippen LogP contribution is -2.31. The zero-order valence-corrected chi connectivity index (χ0v) is 14.4. The van der Waals surface area contributed by atoms with Gasteiger partial charge in [0.05, 0.1) is 4.90 Å². The summed E-state index contributed by atoms with van der Waals surface area (Å²) in [6, 6.07) is 5.54. The molecular formula is C15H22BrNO2S. The lowest BCUT2D eigenvalue weighted by molar-refractivity contribution is 0.366. The van der Waals surface area contributed by atoms with E-state index in [2.05, 4.69) is 20.7 Å². The number of sulfonamides is 1. The first-order chi connectivity index (χ1) is 9.38. The third kappa shape index (κ3) is 4.06. The first kappa shape index (κ1) is 16.0. The lowest BCUT2D eigenvalue weighted by atomic mass is 9.89. The molecular weight excluding hydrogens is 338 g/mol. The van der Waals surface area contributed by atoms with Crippen LogP contribution in [0.2, 0.25) is 0 Å². The number of rotatable bonds is 4. The van der Waals surface area contributed by atoms with Gasteiger partial charge in [0.1, 0.15) is 0 Å². The molecule has 112 valence electrons. The van der Waals surface area contributed by atoms with Gasteiger partial charge in [0, 0.05) is 11.4 Å². The normalized spacial score (nSPS) is 23.8. The highest BCUT2D eigenvalue weighted by Gasteiger charge is 2.22. The molecule has 1 aromatic carbocycles. The number of halogens is 1. The summed E-state index contributed by atoms with van der Waals surface area (Å²) < 4.78 is 27.6. The molecule has 1 saturated carbocycles. The Morgan fingerprint density at radius 3 is 2.50 bits per heavy atom. The van der Waals surface area contributed by atoms with Gasteiger partial charge < -0.3 is 0 Å². The third-order valence-electron chi connectivity index (χ3n) is 3.97. The van der Waals surface area contributed by atoms with Gasteiger partial charge in [-0.1, -0.05) is 28.1 Å². The summed E-state index contributed by atoms with van der Waals surface area (Å²) >= 11 is 3.62. The predicted molar refractivity (Wildman–Crippen MR) is 85.8 cm³/mol. The van der Waals surface area contributed by atoms with Crippen molar-refractivity contribution in [1.29, 1.82) is 0 Å². The summed E-state index contributed by atoms with van der Waals surface area (Å²) in [6.07, 6.45) is 4.45. The first-order valence-electron chi connectivity index (χ1n) is 7.09. The molecule has 20 heavy (non-hydrogen) atoms. The topological polar surface area (TPSA) is 46.2 Å². The SMILES string of the molecule is Cc1ccc(C)c(S(=O)(=O)NCC2CCC(Br)CC2)c1. The minimum Gasteiger partial charge on any atom is -0.211 e. The molecule has 0 aliphatic heterocycles. The van der Waals surface area contributed by atoms with Gasteiger partial charge in [-0.2, -0.15) is 0 Å². The van der Waals surface area contributed by atoms with E-state index in [1.54, 1.807) is 6.07 Å². The van der Waals surface area contributed by atoms with Crippen molar-refractivity contribution < 1.29 is 8.42 Å². The second-order valence-corrected chi connectivity index (χ2v) is 8.77. The van der Waals surface area contributed by atoms with Crippen LogP contribution in [0.1, 0.15) is 36.8 Å². The Kier molecular flexibility index (Phi) is 5.26. The summed E-state index contributed by atoms with van der Waals surface area (Å²) in [7, 11) is -3.39. The van der Waals surface area contributed by atoms with Crippen LogP contribution in [0.15, 0.2) is 23.1 Å². The van der Waals surface area contributed by atoms with Crippen molar-refractivity contribution in [3.8, 4) is 0 Å². The van der Waals surface area contributed by atoms with E-state index in [4.69, 9.17) is 0 Å². The van der Waals surface area contributed by atoms with Crippen LogP contribution in [0, 0.1) is 19.8 Å². The van der Waals surface area contributed by atoms with Gasteiger partial charge in [0.15, 0.2) is 0 Å². The Hall–Kier alpha value is -0.390.